The average Bonchev–Trinajstić information content (AvgIpc) is 4.00. The lowest BCUT2D eigenvalue weighted by atomic mass is 9.85. The van der Waals surface area contributed by atoms with E-state index in [0.717, 1.165) is 88.2 Å². The topological polar surface area (TPSA) is 155 Å². The number of esters is 2. The summed E-state index contributed by atoms with van der Waals surface area (Å²) in [5.41, 5.74) is 1.71. The number of phosphoric ester groups is 1. The Kier molecular flexibility index (Phi) is 29.7. The fourth-order valence-corrected chi connectivity index (χ4v) is 14.0. The zero-order valence-electron chi connectivity index (χ0n) is 47.2. The second-order valence-corrected chi connectivity index (χ2v) is 25.2. The Morgan fingerprint density at radius 2 is 0.974 bits per heavy atom. The molecule has 1 aromatic carbocycles. The van der Waals surface area contributed by atoms with Crippen molar-refractivity contribution in [2.75, 3.05) is 13.2 Å². The molecule has 3 saturated carbocycles. The van der Waals surface area contributed by atoms with Crippen molar-refractivity contribution in [2.24, 2.45) is 0 Å². The summed E-state index contributed by atoms with van der Waals surface area (Å²) >= 11 is 3.58. The summed E-state index contributed by atoms with van der Waals surface area (Å²) in [4.78, 5) is 26.8. The fraction of sp³-hybridized carbons (Fsp3) is 0.869. The summed E-state index contributed by atoms with van der Waals surface area (Å²) in [6.07, 6.45) is 33.2. The van der Waals surface area contributed by atoms with Gasteiger partial charge in [0.15, 0.2) is 17.7 Å². The zero-order chi connectivity index (χ0) is 53.7. The van der Waals surface area contributed by atoms with Crippen molar-refractivity contribution in [3.8, 4) is 0 Å². The van der Waals surface area contributed by atoms with Crippen molar-refractivity contribution >= 4 is 35.7 Å². The number of hydrogen-bond acceptors (Lipinski definition) is 13. The molecule has 0 aromatic heterocycles. The first-order valence-corrected chi connectivity index (χ1v) is 33.6. The van der Waals surface area contributed by atoms with Gasteiger partial charge in [-0.15, -0.1) is 0 Å². The van der Waals surface area contributed by atoms with Crippen molar-refractivity contribution in [1.29, 1.82) is 0 Å². The van der Waals surface area contributed by atoms with Crippen LogP contribution in [0.1, 0.15) is 269 Å². The molecule has 76 heavy (non-hydrogen) atoms. The monoisotopic (exact) mass is 1150 g/mol. The minimum atomic E-state index is -4.64. The van der Waals surface area contributed by atoms with E-state index < -0.39 is 74.7 Å². The number of unbranched alkanes of at least 4 members (excludes halogenated alkanes) is 24. The highest BCUT2D eigenvalue weighted by Crippen LogP contribution is 2.58. The van der Waals surface area contributed by atoms with Gasteiger partial charge in [0, 0.05) is 43.9 Å². The van der Waals surface area contributed by atoms with Gasteiger partial charge in [0.05, 0.1) is 13.2 Å². The lowest BCUT2D eigenvalue weighted by molar-refractivity contribution is -0.223. The molecule has 3 aliphatic carbocycles. The molecular formula is C61H102BrO13P. The van der Waals surface area contributed by atoms with E-state index in [4.69, 9.17) is 42.0 Å². The summed E-state index contributed by atoms with van der Waals surface area (Å²) in [5, 5.41) is 12.5. The van der Waals surface area contributed by atoms with E-state index in [1.165, 1.54) is 116 Å². The molecule has 0 bridgehead atoms. The van der Waals surface area contributed by atoms with Gasteiger partial charge in [0.2, 0.25) is 0 Å². The van der Waals surface area contributed by atoms with Gasteiger partial charge >= 0.3 is 19.8 Å². The van der Waals surface area contributed by atoms with Crippen LogP contribution in [0, 0.1) is 0 Å². The van der Waals surface area contributed by atoms with Crippen LogP contribution in [-0.2, 0) is 68.1 Å². The van der Waals surface area contributed by atoms with Crippen LogP contribution in [0.4, 0.5) is 0 Å². The van der Waals surface area contributed by atoms with E-state index in [0.29, 0.717) is 43.9 Å². The third-order valence-corrected chi connectivity index (χ3v) is 18.6. The number of rotatable bonds is 40. The second kappa shape index (κ2) is 35.4. The highest BCUT2D eigenvalue weighted by Gasteiger charge is 2.67. The number of aliphatic hydroxyl groups excluding tert-OH is 1. The number of halogens is 1. The predicted molar refractivity (Wildman–Crippen MR) is 301 cm³/mol. The van der Waals surface area contributed by atoms with E-state index in [2.05, 4.69) is 29.8 Å². The van der Waals surface area contributed by atoms with E-state index in [1.807, 2.05) is 24.3 Å². The molecule has 2 heterocycles. The van der Waals surface area contributed by atoms with Crippen LogP contribution in [0.2, 0.25) is 0 Å². The second-order valence-electron chi connectivity index (χ2n) is 23.0. The SMILES string of the molecule is CCCCCCCCCCCCCCCC(=O)OCC(COP(=O)(OCc1ccccc1CBr)OC1[C@@H]2OC3(CCCCC3)O[C@@H]2C(O)[C@@H]2OC3(CCCCC3)O[C@@H]12)OC(=O)CCCCCCCCCCCCCCC. The maximum absolute atomic E-state index is 15.6. The maximum Gasteiger partial charge on any atom is 0.475 e. The minimum absolute atomic E-state index is 0.128. The lowest BCUT2D eigenvalue weighted by Gasteiger charge is -2.41. The van der Waals surface area contributed by atoms with Gasteiger partial charge in [-0.1, -0.05) is 221 Å². The molecule has 5 fully saturated rings. The lowest BCUT2D eigenvalue weighted by Crippen LogP contribution is -2.62. The number of phosphoric acid groups is 1. The van der Waals surface area contributed by atoms with Gasteiger partial charge < -0.3 is 33.5 Å². The zero-order valence-corrected chi connectivity index (χ0v) is 49.7. The van der Waals surface area contributed by atoms with Crippen LogP contribution in [0.3, 0.4) is 0 Å². The van der Waals surface area contributed by atoms with Crippen molar-refractivity contribution < 1.29 is 61.3 Å². The smallest absolute Gasteiger partial charge is 0.462 e. The van der Waals surface area contributed by atoms with Crippen LogP contribution in [0.25, 0.3) is 0 Å². The molecule has 2 aliphatic heterocycles. The molecule has 0 radical (unpaired) electrons. The van der Waals surface area contributed by atoms with Gasteiger partial charge in [-0.3, -0.25) is 23.2 Å². The number of carbonyl (C=O) groups excluding carboxylic acids is 2. The Balaban J connectivity index is 1.09. The Morgan fingerprint density at radius 1 is 0.566 bits per heavy atom. The minimum Gasteiger partial charge on any atom is -0.462 e. The van der Waals surface area contributed by atoms with E-state index >= 15 is 4.57 Å². The van der Waals surface area contributed by atoms with Crippen LogP contribution in [0.15, 0.2) is 24.3 Å². The van der Waals surface area contributed by atoms with Gasteiger partial charge in [-0.25, -0.2) is 4.57 Å². The van der Waals surface area contributed by atoms with E-state index in [9.17, 15) is 14.7 Å². The predicted octanol–water partition coefficient (Wildman–Crippen LogP) is 16.3. The van der Waals surface area contributed by atoms with Crippen molar-refractivity contribution in [1.82, 2.24) is 0 Å². The Hall–Kier alpha value is -1.45. The quantitative estimate of drug-likeness (QED) is 0.0287. The largest absolute Gasteiger partial charge is 0.475 e. The summed E-state index contributed by atoms with van der Waals surface area (Å²) in [7, 11) is -4.64. The van der Waals surface area contributed by atoms with E-state index in [-0.39, 0.29) is 32.0 Å². The molecule has 15 heteroatoms. The third kappa shape index (κ3) is 21.5. The van der Waals surface area contributed by atoms with Crippen LogP contribution in [-0.4, -0.2) is 84.6 Å². The normalized spacial score (nSPS) is 24.8. The molecule has 2 saturated heterocycles. The Bertz CT molecular complexity index is 1760. The number of ether oxygens (including phenoxy) is 6. The molecule has 4 unspecified atom stereocenters. The first-order valence-electron chi connectivity index (χ1n) is 31.1. The third-order valence-electron chi connectivity index (χ3n) is 16.6. The Morgan fingerprint density at radius 3 is 1.42 bits per heavy atom. The molecule has 8 atom stereocenters. The first-order chi connectivity index (χ1) is 37.1. The molecule has 5 aliphatic rings. The van der Waals surface area contributed by atoms with Crippen LogP contribution in [0.5, 0.6) is 0 Å². The van der Waals surface area contributed by atoms with Gasteiger partial charge in [0.25, 0.3) is 0 Å². The standard InChI is InChI=1S/C61H102BrO13P/c1-3-5-7-9-11-13-15-17-19-21-23-25-29-39-52(63)67-47-51(70-53(64)40-30-26-24-22-20-18-16-14-12-10-8-6-4-2)48-69-76(66,68-46-50-38-32-31-37-49(50)45-62)75-59-57-55(71-60(73-57)41-33-27-34-42-60)54(65)56-58(59)74-61(72-56)43-35-28-36-44-61/h31-32,37-38,51,54-59,65H,3-30,33-36,39-48H2,1-2H3/t51?,54?,55-,56+,57-,58-,59?,76?/m1/s1. The Labute approximate surface area is 467 Å². The molecule has 1 N–H and O–H groups in total. The summed E-state index contributed by atoms with van der Waals surface area (Å²) in [6.45, 7) is 3.67. The summed E-state index contributed by atoms with van der Waals surface area (Å²) < 4.78 is 73.7. The van der Waals surface area contributed by atoms with Gasteiger partial charge in [0.1, 0.15) is 43.2 Å². The number of carbonyl (C=O) groups is 2. The van der Waals surface area contributed by atoms with Crippen LogP contribution >= 0.6 is 23.8 Å². The molecule has 1 aromatic rings. The molecule has 2 spiro atoms. The van der Waals surface area contributed by atoms with Crippen LogP contribution < -0.4 is 0 Å². The average molecular weight is 1150 g/mol. The first kappa shape index (κ1) is 63.7. The number of alkyl halides is 1. The number of hydrogen-bond donors (Lipinski definition) is 1. The molecule has 436 valence electrons. The highest BCUT2D eigenvalue weighted by molar-refractivity contribution is 9.08. The molecule has 0 amide bonds. The van der Waals surface area contributed by atoms with Crippen molar-refractivity contribution in [2.45, 2.75) is 324 Å². The number of benzene rings is 1. The number of fused-ring (bicyclic) bond motifs is 2. The summed E-state index contributed by atoms with van der Waals surface area (Å²) in [5.74, 6) is -2.68. The summed E-state index contributed by atoms with van der Waals surface area (Å²) in [6, 6.07) is 7.66. The van der Waals surface area contributed by atoms with E-state index in [1.54, 1.807) is 0 Å². The van der Waals surface area contributed by atoms with Crippen molar-refractivity contribution in [3.63, 3.8) is 0 Å². The molecular weight excluding hydrogens is 1050 g/mol. The molecule has 13 nitrogen and oxygen atoms in total. The maximum atomic E-state index is 15.6. The fourth-order valence-electron chi connectivity index (χ4n) is 12.1. The number of aliphatic hydroxyl groups is 1. The van der Waals surface area contributed by atoms with Gasteiger partial charge in [-0.2, -0.15) is 0 Å². The van der Waals surface area contributed by atoms with Crippen molar-refractivity contribution in [3.05, 3.63) is 35.4 Å². The molecule has 6 rings (SSSR count). The highest BCUT2D eigenvalue weighted by atomic mass is 79.9. The van der Waals surface area contributed by atoms with Gasteiger partial charge in [-0.05, 0) is 49.7 Å².